The van der Waals surface area contributed by atoms with Crippen LogP contribution in [0, 0.1) is 6.92 Å². The molecule has 1 unspecified atom stereocenters. The van der Waals surface area contributed by atoms with Crippen LogP contribution in [0.25, 0.3) is 0 Å². The van der Waals surface area contributed by atoms with Crippen molar-refractivity contribution in [1.82, 2.24) is 4.90 Å². The summed E-state index contributed by atoms with van der Waals surface area (Å²) in [5.41, 5.74) is 2.12. The molecule has 1 aromatic rings. The van der Waals surface area contributed by atoms with Gasteiger partial charge in [0.05, 0.1) is 13.2 Å². The molecule has 0 radical (unpaired) electrons. The zero-order valence-corrected chi connectivity index (χ0v) is 15.5. The molecular weight excluding hydrogens is 286 g/mol. The molecule has 132 valence electrons. The standard InChI is InChI=1S/C20H35NO2/c1-5-7-9-14-21(13-8-6-2)15-12-20(22)19-11-10-18(23-4)16-17(19)3/h10-11,16,20,22H,5-9,12-15H2,1-4H3. The van der Waals surface area contributed by atoms with Crippen LogP contribution in [0.5, 0.6) is 5.75 Å². The first kappa shape index (κ1) is 20.0. The fraction of sp³-hybridized carbons (Fsp3) is 0.700. The van der Waals surface area contributed by atoms with Gasteiger partial charge in [0.2, 0.25) is 0 Å². The molecule has 0 aromatic heterocycles. The second-order valence-electron chi connectivity index (χ2n) is 6.43. The summed E-state index contributed by atoms with van der Waals surface area (Å²) in [7, 11) is 1.67. The van der Waals surface area contributed by atoms with Gasteiger partial charge in [-0.3, -0.25) is 0 Å². The lowest BCUT2D eigenvalue weighted by Gasteiger charge is -2.24. The van der Waals surface area contributed by atoms with Gasteiger partial charge in [-0.25, -0.2) is 0 Å². The zero-order valence-electron chi connectivity index (χ0n) is 15.5. The van der Waals surface area contributed by atoms with E-state index in [0.29, 0.717) is 0 Å². The van der Waals surface area contributed by atoms with Crippen LogP contribution in [-0.4, -0.2) is 36.8 Å². The largest absolute Gasteiger partial charge is 0.497 e. The number of ether oxygens (including phenoxy) is 1. The van der Waals surface area contributed by atoms with Gasteiger partial charge in [0.15, 0.2) is 0 Å². The minimum Gasteiger partial charge on any atom is -0.497 e. The van der Waals surface area contributed by atoms with Crippen LogP contribution in [0.3, 0.4) is 0 Å². The van der Waals surface area contributed by atoms with Gasteiger partial charge in [-0.2, -0.15) is 0 Å². The highest BCUT2D eigenvalue weighted by atomic mass is 16.5. The summed E-state index contributed by atoms with van der Waals surface area (Å²) in [6.07, 6.45) is 6.68. The number of rotatable bonds is 12. The van der Waals surface area contributed by atoms with Crippen molar-refractivity contribution in [3.63, 3.8) is 0 Å². The third-order valence-corrected chi connectivity index (χ3v) is 4.46. The van der Waals surface area contributed by atoms with Crippen LogP contribution >= 0.6 is 0 Å². The molecule has 0 aliphatic carbocycles. The normalized spacial score (nSPS) is 12.6. The van der Waals surface area contributed by atoms with Crippen LogP contribution in [-0.2, 0) is 0 Å². The number of nitrogens with zero attached hydrogens (tertiary/aromatic N) is 1. The first-order chi connectivity index (χ1) is 11.1. The maximum Gasteiger partial charge on any atom is 0.119 e. The van der Waals surface area contributed by atoms with Crippen molar-refractivity contribution in [3.8, 4) is 5.75 Å². The molecule has 23 heavy (non-hydrogen) atoms. The van der Waals surface area contributed by atoms with Crippen LogP contribution in [0.15, 0.2) is 18.2 Å². The van der Waals surface area contributed by atoms with Crippen molar-refractivity contribution in [2.45, 2.75) is 65.4 Å². The molecule has 1 atom stereocenters. The molecule has 3 heteroatoms. The molecule has 3 nitrogen and oxygen atoms in total. The molecule has 1 N–H and O–H groups in total. The van der Waals surface area contributed by atoms with Gasteiger partial charge < -0.3 is 14.7 Å². The molecule has 0 aliphatic heterocycles. The highest BCUT2D eigenvalue weighted by Gasteiger charge is 2.13. The topological polar surface area (TPSA) is 32.7 Å². The van der Waals surface area contributed by atoms with E-state index in [1.165, 1.54) is 32.1 Å². The number of unbranched alkanes of at least 4 members (excludes halogenated alkanes) is 3. The number of aliphatic hydroxyl groups is 1. The van der Waals surface area contributed by atoms with Gasteiger partial charge in [0, 0.05) is 6.54 Å². The van der Waals surface area contributed by atoms with Crippen molar-refractivity contribution in [2.75, 3.05) is 26.7 Å². The van der Waals surface area contributed by atoms with E-state index in [-0.39, 0.29) is 0 Å². The van der Waals surface area contributed by atoms with E-state index in [2.05, 4.69) is 18.7 Å². The number of aliphatic hydroxyl groups excluding tert-OH is 1. The van der Waals surface area contributed by atoms with Gasteiger partial charge in [-0.15, -0.1) is 0 Å². The van der Waals surface area contributed by atoms with Gasteiger partial charge in [0.1, 0.15) is 5.75 Å². The Balaban J connectivity index is 2.54. The molecular formula is C20H35NO2. The Morgan fingerprint density at radius 2 is 1.74 bits per heavy atom. The Morgan fingerprint density at radius 1 is 1.04 bits per heavy atom. The second kappa shape index (κ2) is 11.5. The van der Waals surface area contributed by atoms with Gasteiger partial charge in [0.25, 0.3) is 0 Å². The molecule has 0 fully saturated rings. The lowest BCUT2D eigenvalue weighted by molar-refractivity contribution is 0.139. The molecule has 0 saturated heterocycles. The maximum atomic E-state index is 10.5. The van der Waals surface area contributed by atoms with E-state index in [4.69, 9.17) is 4.74 Å². The third-order valence-electron chi connectivity index (χ3n) is 4.46. The fourth-order valence-electron chi connectivity index (χ4n) is 2.91. The molecule has 1 rings (SSSR count). The van der Waals surface area contributed by atoms with E-state index < -0.39 is 6.10 Å². The maximum absolute atomic E-state index is 10.5. The van der Waals surface area contributed by atoms with Gasteiger partial charge in [-0.05, 0) is 62.5 Å². The summed E-state index contributed by atoms with van der Waals surface area (Å²) in [5, 5.41) is 10.5. The van der Waals surface area contributed by atoms with E-state index in [1.807, 2.05) is 25.1 Å². The minimum atomic E-state index is -0.392. The van der Waals surface area contributed by atoms with Crippen LogP contribution in [0.4, 0.5) is 0 Å². The smallest absolute Gasteiger partial charge is 0.119 e. The summed E-state index contributed by atoms with van der Waals surface area (Å²) >= 11 is 0. The number of hydrogen-bond acceptors (Lipinski definition) is 3. The van der Waals surface area contributed by atoms with Crippen molar-refractivity contribution in [2.24, 2.45) is 0 Å². The summed E-state index contributed by atoms with van der Waals surface area (Å²) in [6.45, 7) is 9.79. The highest BCUT2D eigenvalue weighted by Crippen LogP contribution is 2.24. The Kier molecular flexibility index (Phi) is 9.97. The SMILES string of the molecule is CCCCCN(CCCC)CCC(O)c1ccc(OC)cc1C. The van der Waals surface area contributed by atoms with Crippen molar-refractivity contribution >= 4 is 0 Å². The molecule has 0 heterocycles. The van der Waals surface area contributed by atoms with E-state index in [1.54, 1.807) is 7.11 Å². The first-order valence-corrected chi connectivity index (χ1v) is 9.17. The first-order valence-electron chi connectivity index (χ1n) is 9.17. The Labute approximate surface area is 142 Å². The van der Waals surface area contributed by atoms with E-state index >= 15 is 0 Å². The fourth-order valence-corrected chi connectivity index (χ4v) is 2.91. The molecule has 0 bridgehead atoms. The molecule has 0 aliphatic rings. The highest BCUT2D eigenvalue weighted by molar-refractivity contribution is 5.36. The van der Waals surface area contributed by atoms with Gasteiger partial charge >= 0.3 is 0 Å². The number of hydrogen-bond donors (Lipinski definition) is 1. The molecule has 0 spiro atoms. The molecule has 1 aromatic carbocycles. The van der Waals surface area contributed by atoms with Crippen molar-refractivity contribution in [1.29, 1.82) is 0 Å². The summed E-state index contributed by atoms with van der Waals surface area (Å²) in [6, 6.07) is 5.92. The number of aryl methyl sites for hydroxylation is 1. The Hall–Kier alpha value is -1.06. The average Bonchev–Trinajstić information content (AvgIpc) is 2.56. The Morgan fingerprint density at radius 3 is 2.35 bits per heavy atom. The van der Waals surface area contributed by atoms with Crippen LogP contribution < -0.4 is 4.74 Å². The number of methoxy groups -OCH3 is 1. The van der Waals surface area contributed by atoms with Crippen molar-refractivity contribution < 1.29 is 9.84 Å². The predicted molar refractivity (Wildman–Crippen MR) is 98.2 cm³/mol. The number of benzene rings is 1. The monoisotopic (exact) mass is 321 g/mol. The van der Waals surface area contributed by atoms with E-state index in [0.717, 1.165) is 42.9 Å². The van der Waals surface area contributed by atoms with Crippen LogP contribution in [0.1, 0.15) is 69.6 Å². The second-order valence-corrected chi connectivity index (χ2v) is 6.43. The van der Waals surface area contributed by atoms with Crippen LogP contribution in [0.2, 0.25) is 0 Å². The Bertz CT molecular complexity index is 434. The zero-order chi connectivity index (χ0) is 17.1. The summed E-state index contributed by atoms with van der Waals surface area (Å²) in [4.78, 5) is 2.52. The lowest BCUT2D eigenvalue weighted by atomic mass is 10.0. The lowest BCUT2D eigenvalue weighted by Crippen LogP contribution is -2.28. The predicted octanol–water partition coefficient (Wildman–Crippen LogP) is 4.72. The quantitative estimate of drug-likeness (QED) is 0.565. The minimum absolute atomic E-state index is 0.392. The third kappa shape index (κ3) is 7.36. The summed E-state index contributed by atoms with van der Waals surface area (Å²) < 4.78 is 5.24. The van der Waals surface area contributed by atoms with E-state index in [9.17, 15) is 5.11 Å². The summed E-state index contributed by atoms with van der Waals surface area (Å²) in [5.74, 6) is 0.850. The molecule has 0 saturated carbocycles. The molecule has 0 amide bonds. The van der Waals surface area contributed by atoms with Gasteiger partial charge in [-0.1, -0.05) is 39.2 Å². The average molecular weight is 322 g/mol. The van der Waals surface area contributed by atoms with Crippen molar-refractivity contribution in [3.05, 3.63) is 29.3 Å².